The van der Waals surface area contributed by atoms with Crippen LogP contribution in [0.1, 0.15) is 296 Å². The van der Waals surface area contributed by atoms with Gasteiger partial charge in [-0.3, -0.25) is 4.79 Å². The van der Waals surface area contributed by atoms with Crippen molar-refractivity contribution >= 4 is 5.91 Å². The number of carbonyl (C=O) groups is 1. The Labute approximate surface area is 534 Å². The Morgan fingerprint density at radius 3 is 1.10 bits per heavy atom. The molecule has 7 unspecified atom stereocenters. The highest BCUT2D eigenvalue weighted by Gasteiger charge is 2.44. The third-order valence-electron chi connectivity index (χ3n) is 16.2. The Morgan fingerprint density at radius 2 is 0.724 bits per heavy atom. The number of unbranched alkanes of at least 4 members (excludes halogenated alkanes) is 31. The van der Waals surface area contributed by atoms with Crippen molar-refractivity contribution in [2.45, 2.75) is 339 Å². The molecule has 498 valence electrons. The van der Waals surface area contributed by atoms with Gasteiger partial charge in [-0.25, -0.2) is 0 Å². The van der Waals surface area contributed by atoms with E-state index in [2.05, 4.69) is 141 Å². The first kappa shape index (κ1) is 81.3. The van der Waals surface area contributed by atoms with Gasteiger partial charge in [-0.05, 0) is 109 Å². The quantitative estimate of drug-likeness (QED) is 0.0261. The van der Waals surface area contributed by atoms with Gasteiger partial charge < -0.3 is 40.3 Å². The Balaban J connectivity index is 2.15. The molecule has 9 heteroatoms. The SMILES string of the molecule is CC/C=C\C/C=C\C/C=C\C/C=C\C/C=C\C/C=C\C/C=C\C/C=C\CCCCCCCCCCCCCCCCC(=O)NC(COC1OC(CO)C(O)C(O)C1O)C(O)/C=C/CC/C=C/CC/C=C/CCCCCCCCCCCCCCCCC. The molecule has 1 fully saturated rings. The van der Waals surface area contributed by atoms with Crippen LogP contribution in [0, 0.1) is 0 Å². The summed E-state index contributed by atoms with van der Waals surface area (Å²) in [6.07, 6.45) is 92.7. The average Bonchev–Trinajstić information content (AvgIpc) is 3.38. The van der Waals surface area contributed by atoms with Crippen molar-refractivity contribution in [1.29, 1.82) is 0 Å². The molecule has 0 aromatic rings. The standard InChI is InChI=1S/C78H133NO8/c1-3-5-7-9-11-13-15-17-19-21-23-25-27-29-30-31-32-33-34-35-36-37-38-39-40-41-42-44-46-48-50-52-54-56-58-60-62-64-66-68-74(82)79-71(70-86-78-77(85)76(84)75(83)73(69-80)87-78)72(81)67-65-63-61-59-57-55-53-51-49-47-45-43-28-26-24-22-20-18-16-14-12-10-8-6-4-2/h5,7,11,13,17,19,23,25,29-30,32-33,35-36,38-39,49,51,57,59,65,67,71-73,75-78,80-81,83-85H,3-4,6,8-10,12,14-16,18,20-22,24,26-28,31,34,37,40-48,50,52-56,58,60-64,66,68-70H2,1-2H3,(H,79,82)/b7-5-,13-11-,19-17-,25-23-,30-29-,33-32-,36-35-,39-38-,51-49+,59-57+,67-65+. The van der Waals surface area contributed by atoms with Crippen LogP contribution >= 0.6 is 0 Å². The smallest absolute Gasteiger partial charge is 0.220 e. The summed E-state index contributed by atoms with van der Waals surface area (Å²) in [6.45, 7) is 3.66. The summed E-state index contributed by atoms with van der Waals surface area (Å²) in [5, 5.41) is 54.7. The summed E-state index contributed by atoms with van der Waals surface area (Å²) >= 11 is 0. The first-order valence-electron chi connectivity index (χ1n) is 35.9. The number of aliphatic hydroxyl groups excluding tert-OH is 5. The minimum absolute atomic E-state index is 0.194. The van der Waals surface area contributed by atoms with Gasteiger partial charge in [0.1, 0.15) is 24.4 Å². The molecule has 0 spiro atoms. The topological polar surface area (TPSA) is 149 Å². The van der Waals surface area contributed by atoms with Gasteiger partial charge in [-0.15, -0.1) is 0 Å². The molecule has 0 bridgehead atoms. The molecule has 87 heavy (non-hydrogen) atoms. The molecule has 0 aromatic carbocycles. The Bertz CT molecular complexity index is 1840. The van der Waals surface area contributed by atoms with Gasteiger partial charge in [0.25, 0.3) is 0 Å². The van der Waals surface area contributed by atoms with E-state index in [1.807, 2.05) is 6.08 Å². The van der Waals surface area contributed by atoms with Crippen LogP contribution in [0.3, 0.4) is 0 Å². The van der Waals surface area contributed by atoms with Gasteiger partial charge in [-0.1, -0.05) is 314 Å². The predicted molar refractivity (Wildman–Crippen MR) is 373 cm³/mol. The Morgan fingerprint density at radius 1 is 0.402 bits per heavy atom. The van der Waals surface area contributed by atoms with Crippen molar-refractivity contribution in [2.24, 2.45) is 0 Å². The van der Waals surface area contributed by atoms with Crippen LogP contribution in [0.2, 0.25) is 0 Å². The lowest BCUT2D eigenvalue weighted by atomic mass is 9.99. The van der Waals surface area contributed by atoms with Gasteiger partial charge in [0, 0.05) is 6.42 Å². The predicted octanol–water partition coefficient (Wildman–Crippen LogP) is 20.0. The maximum atomic E-state index is 13.1. The van der Waals surface area contributed by atoms with Crippen molar-refractivity contribution < 1.29 is 39.8 Å². The Hall–Kier alpha value is -3.67. The minimum Gasteiger partial charge on any atom is -0.394 e. The highest BCUT2D eigenvalue weighted by atomic mass is 16.7. The second kappa shape index (κ2) is 65.3. The normalized spacial score (nSPS) is 18.8. The van der Waals surface area contributed by atoms with Crippen molar-refractivity contribution in [2.75, 3.05) is 13.2 Å². The lowest BCUT2D eigenvalue weighted by Gasteiger charge is -2.40. The zero-order valence-corrected chi connectivity index (χ0v) is 55.7. The minimum atomic E-state index is -1.58. The molecule has 0 aliphatic carbocycles. The second-order valence-corrected chi connectivity index (χ2v) is 24.3. The summed E-state index contributed by atoms with van der Waals surface area (Å²) < 4.78 is 11.3. The fraction of sp³-hybridized carbons (Fsp3) is 0.705. The maximum absolute atomic E-state index is 13.1. The molecule has 7 atom stereocenters. The molecule has 1 aliphatic rings. The monoisotopic (exact) mass is 1210 g/mol. The van der Waals surface area contributed by atoms with Crippen LogP contribution in [-0.4, -0.2) is 87.5 Å². The lowest BCUT2D eigenvalue weighted by Crippen LogP contribution is -2.60. The molecule has 9 nitrogen and oxygen atoms in total. The highest BCUT2D eigenvalue weighted by Crippen LogP contribution is 2.23. The number of hydrogen-bond acceptors (Lipinski definition) is 8. The fourth-order valence-corrected chi connectivity index (χ4v) is 10.6. The number of amides is 1. The van der Waals surface area contributed by atoms with E-state index in [9.17, 15) is 30.3 Å². The van der Waals surface area contributed by atoms with Crippen molar-refractivity contribution in [1.82, 2.24) is 5.32 Å². The second-order valence-electron chi connectivity index (χ2n) is 24.3. The van der Waals surface area contributed by atoms with E-state index in [1.165, 1.54) is 180 Å². The summed E-state index contributed by atoms with van der Waals surface area (Å²) in [7, 11) is 0. The van der Waals surface area contributed by atoms with Gasteiger partial charge >= 0.3 is 0 Å². The third-order valence-corrected chi connectivity index (χ3v) is 16.2. The number of allylic oxidation sites excluding steroid dienone is 21. The van der Waals surface area contributed by atoms with Gasteiger partial charge in [-0.2, -0.15) is 0 Å². The van der Waals surface area contributed by atoms with E-state index in [-0.39, 0.29) is 12.5 Å². The van der Waals surface area contributed by atoms with Crippen LogP contribution in [0.5, 0.6) is 0 Å². The molecule has 1 amide bonds. The molecule has 0 aromatic heterocycles. The Kier molecular flexibility index (Phi) is 61.0. The van der Waals surface area contributed by atoms with E-state index in [0.717, 1.165) is 96.3 Å². The molecule has 1 heterocycles. The third kappa shape index (κ3) is 53.8. The van der Waals surface area contributed by atoms with E-state index < -0.39 is 49.5 Å². The van der Waals surface area contributed by atoms with E-state index >= 15 is 0 Å². The van der Waals surface area contributed by atoms with Gasteiger partial charge in [0.15, 0.2) is 6.29 Å². The first-order chi connectivity index (χ1) is 42.8. The number of ether oxygens (including phenoxy) is 2. The summed E-state index contributed by atoms with van der Waals surface area (Å²) in [5.41, 5.74) is 0. The fourth-order valence-electron chi connectivity index (χ4n) is 10.6. The molecule has 0 radical (unpaired) electrons. The van der Waals surface area contributed by atoms with Crippen molar-refractivity contribution in [3.8, 4) is 0 Å². The van der Waals surface area contributed by atoms with Crippen LogP contribution in [0.15, 0.2) is 134 Å². The van der Waals surface area contributed by atoms with E-state index in [0.29, 0.717) is 6.42 Å². The first-order valence-corrected chi connectivity index (χ1v) is 35.9. The van der Waals surface area contributed by atoms with Crippen LogP contribution < -0.4 is 5.32 Å². The maximum Gasteiger partial charge on any atom is 0.220 e. The molecule has 1 rings (SSSR count). The lowest BCUT2D eigenvalue weighted by molar-refractivity contribution is -0.302. The van der Waals surface area contributed by atoms with Crippen molar-refractivity contribution in [3.05, 3.63) is 134 Å². The number of hydrogen-bond donors (Lipinski definition) is 6. The number of nitrogens with one attached hydrogen (secondary N) is 1. The highest BCUT2D eigenvalue weighted by molar-refractivity contribution is 5.76. The van der Waals surface area contributed by atoms with Gasteiger partial charge in [0.2, 0.25) is 5.91 Å². The van der Waals surface area contributed by atoms with Crippen LogP contribution in [0.4, 0.5) is 0 Å². The molecular formula is C78H133NO8. The van der Waals surface area contributed by atoms with E-state index in [1.54, 1.807) is 6.08 Å². The molecular weight excluding hydrogens is 1080 g/mol. The molecule has 1 saturated heterocycles. The number of aliphatic hydroxyl groups is 5. The largest absolute Gasteiger partial charge is 0.394 e. The van der Waals surface area contributed by atoms with Crippen LogP contribution in [-0.2, 0) is 14.3 Å². The van der Waals surface area contributed by atoms with E-state index in [4.69, 9.17) is 9.47 Å². The van der Waals surface area contributed by atoms with Crippen molar-refractivity contribution in [3.63, 3.8) is 0 Å². The molecule has 1 aliphatic heterocycles. The average molecular weight is 1210 g/mol. The summed E-state index contributed by atoms with van der Waals surface area (Å²) in [5.74, 6) is -0.194. The number of rotatable bonds is 61. The van der Waals surface area contributed by atoms with Gasteiger partial charge in [0.05, 0.1) is 25.4 Å². The number of carbonyl (C=O) groups excluding carboxylic acids is 1. The zero-order chi connectivity index (χ0) is 62.8. The molecule has 0 saturated carbocycles. The van der Waals surface area contributed by atoms with Crippen LogP contribution in [0.25, 0.3) is 0 Å². The zero-order valence-electron chi connectivity index (χ0n) is 55.7. The summed E-state index contributed by atoms with van der Waals surface area (Å²) in [6, 6.07) is -0.838. The summed E-state index contributed by atoms with van der Waals surface area (Å²) in [4.78, 5) is 13.1. The molecule has 6 N–H and O–H groups in total.